The summed E-state index contributed by atoms with van der Waals surface area (Å²) in [6.07, 6.45) is 4.37. The van der Waals surface area contributed by atoms with Crippen LogP contribution in [0.25, 0.3) is 33.7 Å². The minimum atomic E-state index is 1.12. The molecule has 8 aromatic rings. The van der Waals surface area contributed by atoms with Crippen LogP contribution in [0.4, 0.5) is 34.1 Å². The molecule has 2 heteroatoms. The molecule has 0 radical (unpaired) electrons. The molecule has 2 nitrogen and oxygen atoms in total. The number of rotatable bonds is 8. The van der Waals surface area contributed by atoms with Crippen LogP contribution < -0.4 is 9.80 Å². The standard InChI is InChI=1S/C48H38N2/c1-35-13-21-41-33-47(29-23-39(41)31-35)49(43-9-5-3-6-10-43)45-25-17-37(18-26-45)15-16-38-19-27-46(28-20-38)50(44-11-7-4-8-12-44)48-30-24-40-32-36(2)14-22-42(40)34-48/h3-34H,1-2H3. The molecule has 240 valence electrons. The van der Waals surface area contributed by atoms with Crippen molar-refractivity contribution >= 4 is 67.8 Å². The van der Waals surface area contributed by atoms with Crippen molar-refractivity contribution in [1.82, 2.24) is 0 Å². The molecule has 0 aliphatic rings. The minimum absolute atomic E-state index is 1.12. The first-order valence-electron chi connectivity index (χ1n) is 17.2. The number of hydrogen-bond donors (Lipinski definition) is 0. The highest BCUT2D eigenvalue weighted by atomic mass is 15.1. The van der Waals surface area contributed by atoms with Crippen LogP contribution >= 0.6 is 0 Å². The SMILES string of the molecule is Cc1ccc2cc(N(c3ccccc3)c3ccc(C=Cc4ccc(N(c5ccccc5)c5ccc6cc(C)ccc6c5)cc4)cc3)ccc2c1. The quantitative estimate of drug-likeness (QED) is 0.152. The number of nitrogens with zero attached hydrogens (tertiary/aromatic N) is 2. The van der Waals surface area contributed by atoms with Crippen LogP contribution in [0.1, 0.15) is 22.3 Å². The van der Waals surface area contributed by atoms with Crippen molar-refractivity contribution in [3.05, 3.63) is 204 Å². The van der Waals surface area contributed by atoms with Gasteiger partial charge >= 0.3 is 0 Å². The van der Waals surface area contributed by atoms with Gasteiger partial charge in [0.05, 0.1) is 0 Å². The second-order valence-corrected chi connectivity index (χ2v) is 12.9. The summed E-state index contributed by atoms with van der Waals surface area (Å²) in [7, 11) is 0. The largest absolute Gasteiger partial charge is 0.310 e. The predicted molar refractivity (Wildman–Crippen MR) is 216 cm³/mol. The van der Waals surface area contributed by atoms with E-state index < -0.39 is 0 Å². The molecule has 0 bridgehead atoms. The molecule has 0 fully saturated rings. The van der Waals surface area contributed by atoms with Crippen LogP contribution in [-0.4, -0.2) is 0 Å². The maximum Gasteiger partial charge on any atom is 0.0468 e. The second-order valence-electron chi connectivity index (χ2n) is 12.9. The van der Waals surface area contributed by atoms with Crippen molar-refractivity contribution < 1.29 is 0 Å². The predicted octanol–water partition coefficient (Wildman–Crippen LogP) is 13.7. The van der Waals surface area contributed by atoms with Crippen molar-refractivity contribution in [3.63, 3.8) is 0 Å². The Labute approximate surface area is 294 Å². The summed E-state index contributed by atoms with van der Waals surface area (Å²) in [6, 6.07) is 65.4. The van der Waals surface area contributed by atoms with Gasteiger partial charge in [-0.15, -0.1) is 0 Å². The minimum Gasteiger partial charge on any atom is -0.310 e. The van der Waals surface area contributed by atoms with Crippen LogP contribution in [0, 0.1) is 13.8 Å². The molecule has 0 atom stereocenters. The second kappa shape index (κ2) is 13.6. The van der Waals surface area contributed by atoms with Crippen LogP contribution in [0.5, 0.6) is 0 Å². The monoisotopic (exact) mass is 642 g/mol. The Morgan fingerprint density at radius 1 is 0.300 bits per heavy atom. The number of aryl methyl sites for hydroxylation is 2. The van der Waals surface area contributed by atoms with Gasteiger partial charge in [0.2, 0.25) is 0 Å². The van der Waals surface area contributed by atoms with E-state index in [4.69, 9.17) is 0 Å². The van der Waals surface area contributed by atoms with E-state index in [1.54, 1.807) is 0 Å². The van der Waals surface area contributed by atoms with E-state index in [1.807, 2.05) is 0 Å². The Morgan fingerprint density at radius 2 is 0.620 bits per heavy atom. The fourth-order valence-corrected chi connectivity index (χ4v) is 6.69. The average Bonchev–Trinajstić information content (AvgIpc) is 3.16. The third kappa shape index (κ3) is 6.52. The Kier molecular flexibility index (Phi) is 8.42. The molecular weight excluding hydrogens is 605 g/mol. The van der Waals surface area contributed by atoms with E-state index in [2.05, 4.69) is 218 Å². The fraction of sp³-hybridized carbons (Fsp3) is 0.0417. The number of hydrogen-bond acceptors (Lipinski definition) is 2. The summed E-state index contributed by atoms with van der Waals surface area (Å²) in [4.78, 5) is 4.64. The third-order valence-electron chi connectivity index (χ3n) is 9.27. The normalized spacial score (nSPS) is 11.3. The van der Waals surface area contributed by atoms with Gasteiger partial charge in [-0.25, -0.2) is 0 Å². The molecule has 8 aromatic carbocycles. The molecule has 0 aliphatic carbocycles. The molecule has 0 N–H and O–H groups in total. The first kappa shape index (κ1) is 30.9. The fourth-order valence-electron chi connectivity index (χ4n) is 6.69. The molecule has 0 unspecified atom stereocenters. The summed E-state index contributed by atoms with van der Waals surface area (Å²) < 4.78 is 0. The molecular formula is C48H38N2. The highest BCUT2D eigenvalue weighted by molar-refractivity contribution is 5.91. The third-order valence-corrected chi connectivity index (χ3v) is 9.27. The van der Waals surface area contributed by atoms with Crippen LogP contribution in [0.2, 0.25) is 0 Å². The van der Waals surface area contributed by atoms with Crippen LogP contribution in [0.15, 0.2) is 182 Å². The molecule has 0 aromatic heterocycles. The Morgan fingerprint density at radius 3 is 1.02 bits per heavy atom. The van der Waals surface area contributed by atoms with Crippen molar-refractivity contribution in [2.24, 2.45) is 0 Å². The lowest BCUT2D eigenvalue weighted by Gasteiger charge is -2.26. The zero-order valence-corrected chi connectivity index (χ0v) is 28.4. The first-order chi connectivity index (χ1) is 24.6. The molecule has 0 saturated carbocycles. The van der Waals surface area contributed by atoms with E-state index in [0.717, 1.165) is 45.3 Å². The van der Waals surface area contributed by atoms with Crippen molar-refractivity contribution in [2.75, 3.05) is 9.80 Å². The molecule has 0 amide bonds. The van der Waals surface area contributed by atoms with Crippen molar-refractivity contribution in [2.45, 2.75) is 13.8 Å². The van der Waals surface area contributed by atoms with Gasteiger partial charge in [-0.2, -0.15) is 0 Å². The van der Waals surface area contributed by atoms with E-state index >= 15 is 0 Å². The van der Waals surface area contributed by atoms with E-state index in [1.165, 1.54) is 32.7 Å². The average molecular weight is 643 g/mol. The number of para-hydroxylation sites is 2. The number of anilines is 6. The Bertz CT molecular complexity index is 2250. The lowest BCUT2D eigenvalue weighted by Crippen LogP contribution is -2.09. The first-order valence-corrected chi connectivity index (χ1v) is 17.2. The highest BCUT2D eigenvalue weighted by Gasteiger charge is 2.14. The van der Waals surface area contributed by atoms with Gasteiger partial charge in [0.1, 0.15) is 0 Å². The van der Waals surface area contributed by atoms with Crippen molar-refractivity contribution in [3.8, 4) is 0 Å². The van der Waals surface area contributed by atoms with Gasteiger partial charge in [0.15, 0.2) is 0 Å². The van der Waals surface area contributed by atoms with E-state index in [9.17, 15) is 0 Å². The summed E-state index contributed by atoms with van der Waals surface area (Å²) in [5.41, 5.74) is 11.6. The zero-order valence-electron chi connectivity index (χ0n) is 28.4. The Hall–Kier alpha value is -6.38. The smallest absolute Gasteiger partial charge is 0.0468 e. The summed E-state index contributed by atoms with van der Waals surface area (Å²) >= 11 is 0. The lowest BCUT2D eigenvalue weighted by atomic mass is 10.1. The van der Waals surface area contributed by atoms with E-state index in [-0.39, 0.29) is 0 Å². The summed E-state index contributed by atoms with van der Waals surface area (Å²) in [5.74, 6) is 0. The zero-order chi connectivity index (χ0) is 33.9. The lowest BCUT2D eigenvalue weighted by molar-refractivity contribution is 1.29. The molecule has 0 heterocycles. The maximum absolute atomic E-state index is 2.32. The maximum atomic E-state index is 2.32. The molecule has 0 aliphatic heterocycles. The highest BCUT2D eigenvalue weighted by Crippen LogP contribution is 2.38. The Balaban J connectivity index is 1.05. The van der Waals surface area contributed by atoms with Gasteiger partial charge in [0, 0.05) is 34.1 Å². The van der Waals surface area contributed by atoms with Crippen LogP contribution in [-0.2, 0) is 0 Å². The molecule has 50 heavy (non-hydrogen) atoms. The van der Waals surface area contributed by atoms with Gasteiger partial charge in [0.25, 0.3) is 0 Å². The van der Waals surface area contributed by atoms with Gasteiger partial charge in [-0.3, -0.25) is 0 Å². The van der Waals surface area contributed by atoms with Gasteiger partial charge < -0.3 is 9.80 Å². The van der Waals surface area contributed by atoms with E-state index in [0.29, 0.717) is 0 Å². The summed E-state index contributed by atoms with van der Waals surface area (Å²) in [6.45, 7) is 4.28. The van der Waals surface area contributed by atoms with Gasteiger partial charge in [-0.05, 0) is 119 Å². The van der Waals surface area contributed by atoms with Crippen molar-refractivity contribution in [1.29, 1.82) is 0 Å². The number of benzene rings is 8. The topological polar surface area (TPSA) is 6.48 Å². The molecule has 0 saturated heterocycles. The molecule has 8 rings (SSSR count). The summed E-state index contributed by atoms with van der Waals surface area (Å²) in [5, 5.41) is 4.98. The number of fused-ring (bicyclic) bond motifs is 2. The van der Waals surface area contributed by atoms with Crippen LogP contribution in [0.3, 0.4) is 0 Å². The van der Waals surface area contributed by atoms with Gasteiger partial charge in [-0.1, -0.05) is 132 Å². The molecule has 0 spiro atoms.